The number of ether oxygens (including phenoxy) is 1. The van der Waals surface area contributed by atoms with Crippen molar-refractivity contribution in [3.8, 4) is 11.1 Å². The van der Waals surface area contributed by atoms with Crippen LogP contribution in [-0.2, 0) is 16.0 Å². The van der Waals surface area contributed by atoms with Gasteiger partial charge in [-0.25, -0.2) is 14.0 Å². The maximum Gasteiger partial charge on any atom is 0.411 e. The summed E-state index contributed by atoms with van der Waals surface area (Å²) in [4.78, 5) is 22.9. The van der Waals surface area contributed by atoms with Crippen LogP contribution in [0.3, 0.4) is 0 Å². The number of carboxylic acids is 1. The van der Waals surface area contributed by atoms with E-state index in [1.165, 1.54) is 0 Å². The Morgan fingerprint density at radius 3 is 2.07 bits per heavy atom. The standard InChI is InChI=1S/C24H20FNO4/c25-22(23(27)28)13-15-9-11-16(12-10-15)26-24(29)30-14-21-19-7-3-1-5-17(19)18-6-2-4-8-20(18)21/h1-12,21-22H,13-14H2,(H,26,29)(H,27,28). The molecule has 0 radical (unpaired) electrons. The summed E-state index contributed by atoms with van der Waals surface area (Å²) < 4.78 is 18.8. The van der Waals surface area contributed by atoms with Crippen molar-refractivity contribution in [2.75, 3.05) is 11.9 Å². The minimum absolute atomic E-state index is 0.0250. The number of anilines is 1. The van der Waals surface area contributed by atoms with Crippen LogP contribution in [0.2, 0.25) is 0 Å². The summed E-state index contributed by atoms with van der Waals surface area (Å²) in [6, 6.07) is 22.5. The lowest BCUT2D eigenvalue weighted by molar-refractivity contribution is -0.142. The molecule has 6 heteroatoms. The average Bonchev–Trinajstić information content (AvgIpc) is 3.07. The topological polar surface area (TPSA) is 75.6 Å². The fraction of sp³-hybridized carbons (Fsp3) is 0.167. The van der Waals surface area contributed by atoms with E-state index in [4.69, 9.17) is 9.84 Å². The molecule has 0 aromatic heterocycles. The number of hydrogen-bond donors (Lipinski definition) is 2. The van der Waals surface area contributed by atoms with Gasteiger partial charge in [-0.2, -0.15) is 0 Å². The molecule has 30 heavy (non-hydrogen) atoms. The van der Waals surface area contributed by atoms with Gasteiger partial charge in [0.1, 0.15) is 6.61 Å². The summed E-state index contributed by atoms with van der Waals surface area (Å²) in [7, 11) is 0. The third kappa shape index (κ3) is 4.03. The van der Waals surface area contributed by atoms with Crippen LogP contribution in [-0.4, -0.2) is 29.9 Å². The molecule has 0 aliphatic heterocycles. The fourth-order valence-electron chi connectivity index (χ4n) is 3.77. The second kappa shape index (κ2) is 8.37. The number of rotatable bonds is 6. The zero-order valence-corrected chi connectivity index (χ0v) is 16.0. The van der Waals surface area contributed by atoms with Crippen LogP contribution in [0.4, 0.5) is 14.9 Å². The number of carbonyl (C=O) groups excluding carboxylic acids is 1. The molecule has 0 fully saturated rings. The second-order valence-corrected chi connectivity index (χ2v) is 7.16. The molecule has 3 aromatic rings. The summed E-state index contributed by atoms with van der Waals surface area (Å²) in [5.41, 5.74) is 5.60. The molecule has 2 N–H and O–H groups in total. The number of aliphatic carboxylic acids is 1. The van der Waals surface area contributed by atoms with Gasteiger partial charge in [0, 0.05) is 18.0 Å². The molecule has 1 aliphatic rings. The van der Waals surface area contributed by atoms with E-state index in [1.54, 1.807) is 24.3 Å². The normalized spacial score (nSPS) is 13.2. The largest absolute Gasteiger partial charge is 0.479 e. The number of alkyl halides is 1. The Balaban J connectivity index is 1.38. The molecule has 152 valence electrons. The third-order valence-corrected chi connectivity index (χ3v) is 5.23. The van der Waals surface area contributed by atoms with E-state index in [-0.39, 0.29) is 18.9 Å². The van der Waals surface area contributed by atoms with E-state index in [0.29, 0.717) is 11.3 Å². The Kier molecular flexibility index (Phi) is 5.48. The molecule has 3 aromatic carbocycles. The number of benzene rings is 3. The number of hydrogen-bond acceptors (Lipinski definition) is 3. The van der Waals surface area contributed by atoms with Crippen LogP contribution >= 0.6 is 0 Å². The molecule has 0 spiro atoms. The third-order valence-electron chi connectivity index (χ3n) is 5.23. The SMILES string of the molecule is O=C(Nc1ccc(CC(F)C(=O)O)cc1)OCC1c2ccccc2-c2ccccc21. The van der Waals surface area contributed by atoms with Crippen molar-refractivity contribution < 1.29 is 23.8 Å². The minimum Gasteiger partial charge on any atom is -0.479 e. The predicted octanol–water partition coefficient (Wildman–Crippen LogP) is 5.01. The lowest BCUT2D eigenvalue weighted by Crippen LogP contribution is -2.18. The number of carbonyl (C=O) groups is 2. The maximum absolute atomic E-state index is 13.3. The van der Waals surface area contributed by atoms with Gasteiger partial charge in [-0.1, -0.05) is 60.7 Å². The van der Waals surface area contributed by atoms with Crippen molar-refractivity contribution in [1.82, 2.24) is 0 Å². The lowest BCUT2D eigenvalue weighted by atomic mass is 9.98. The number of nitrogens with one attached hydrogen (secondary N) is 1. The summed E-state index contributed by atoms with van der Waals surface area (Å²) in [6.45, 7) is 0.208. The van der Waals surface area contributed by atoms with E-state index < -0.39 is 18.2 Å². The van der Waals surface area contributed by atoms with Gasteiger partial charge in [-0.05, 0) is 39.9 Å². The Morgan fingerprint density at radius 1 is 0.933 bits per heavy atom. The van der Waals surface area contributed by atoms with E-state index in [2.05, 4.69) is 29.6 Å². The van der Waals surface area contributed by atoms with E-state index in [1.807, 2.05) is 24.3 Å². The molecule has 1 amide bonds. The lowest BCUT2D eigenvalue weighted by Gasteiger charge is -2.14. The van der Waals surface area contributed by atoms with Crippen LogP contribution in [0, 0.1) is 0 Å². The van der Waals surface area contributed by atoms with E-state index in [0.717, 1.165) is 22.3 Å². The van der Waals surface area contributed by atoms with Crippen LogP contribution in [0.15, 0.2) is 72.8 Å². The number of amides is 1. The predicted molar refractivity (Wildman–Crippen MR) is 111 cm³/mol. The highest BCUT2D eigenvalue weighted by Gasteiger charge is 2.29. The fourth-order valence-corrected chi connectivity index (χ4v) is 3.77. The highest BCUT2D eigenvalue weighted by molar-refractivity contribution is 5.85. The summed E-state index contributed by atoms with van der Waals surface area (Å²) in [5.74, 6) is -1.51. The van der Waals surface area contributed by atoms with Crippen molar-refractivity contribution >= 4 is 17.7 Å². The van der Waals surface area contributed by atoms with E-state index >= 15 is 0 Å². The smallest absolute Gasteiger partial charge is 0.411 e. The van der Waals surface area contributed by atoms with Crippen LogP contribution in [0.5, 0.6) is 0 Å². The maximum atomic E-state index is 13.3. The Hall–Kier alpha value is -3.67. The number of fused-ring (bicyclic) bond motifs is 3. The quantitative estimate of drug-likeness (QED) is 0.604. The molecule has 4 rings (SSSR count). The molecule has 0 saturated carbocycles. The molecular weight excluding hydrogens is 385 g/mol. The first-order valence-corrected chi connectivity index (χ1v) is 9.61. The molecule has 1 aliphatic carbocycles. The first kappa shape index (κ1) is 19.6. The van der Waals surface area contributed by atoms with Gasteiger partial charge in [0.25, 0.3) is 0 Å². The van der Waals surface area contributed by atoms with Crippen molar-refractivity contribution in [2.45, 2.75) is 18.5 Å². The van der Waals surface area contributed by atoms with Gasteiger partial charge < -0.3 is 9.84 Å². The first-order chi connectivity index (χ1) is 14.5. The highest BCUT2D eigenvalue weighted by Crippen LogP contribution is 2.44. The van der Waals surface area contributed by atoms with Gasteiger partial charge in [0.2, 0.25) is 6.17 Å². The van der Waals surface area contributed by atoms with Gasteiger partial charge in [-0.15, -0.1) is 0 Å². The average molecular weight is 405 g/mol. The highest BCUT2D eigenvalue weighted by atomic mass is 19.1. The molecule has 1 atom stereocenters. The van der Waals surface area contributed by atoms with Crippen molar-refractivity contribution in [1.29, 1.82) is 0 Å². The van der Waals surface area contributed by atoms with Crippen molar-refractivity contribution in [3.05, 3.63) is 89.5 Å². The zero-order chi connectivity index (χ0) is 21.1. The molecular formula is C24H20FNO4. The number of carboxylic acid groups (broad SMARTS) is 1. The molecule has 0 saturated heterocycles. The van der Waals surface area contributed by atoms with Crippen LogP contribution < -0.4 is 5.32 Å². The van der Waals surface area contributed by atoms with Crippen molar-refractivity contribution in [2.24, 2.45) is 0 Å². The summed E-state index contributed by atoms with van der Waals surface area (Å²) in [6.07, 6.45) is -2.76. The number of halogens is 1. The molecule has 0 bridgehead atoms. The molecule has 1 unspecified atom stereocenters. The van der Waals surface area contributed by atoms with Crippen LogP contribution in [0.1, 0.15) is 22.6 Å². The van der Waals surface area contributed by atoms with Crippen LogP contribution in [0.25, 0.3) is 11.1 Å². The summed E-state index contributed by atoms with van der Waals surface area (Å²) >= 11 is 0. The monoisotopic (exact) mass is 405 g/mol. The Labute approximate surface area is 173 Å². The molecule has 5 nitrogen and oxygen atoms in total. The van der Waals surface area contributed by atoms with Gasteiger partial charge in [-0.3, -0.25) is 5.32 Å². The van der Waals surface area contributed by atoms with Gasteiger partial charge >= 0.3 is 12.1 Å². The molecule has 0 heterocycles. The first-order valence-electron chi connectivity index (χ1n) is 9.61. The minimum atomic E-state index is -1.95. The second-order valence-electron chi connectivity index (χ2n) is 7.16. The summed E-state index contributed by atoms with van der Waals surface area (Å²) in [5, 5.41) is 11.3. The van der Waals surface area contributed by atoms with Gasteiger partial charge in [0.15, 0.2) is 0 Å². The Bertz CT molecular complexity index is 1040. The van der Waals surface area contributed by atoms with Crippen molar-refractivity contribution in [3.63, 3.8) is 0 Å². The van der Waals surface area contributed by atoms with E-state index in [9.17, 15) is 14.0 Å². The Morgan fingerprint density at radius 2 is 1.50 bits per heavy atom. The zero-order valence-electron chi connectivity index (χ0n) is 16.0. The van der Waals surface area contributed by atoms with Gasteiger partial charge in [0.05, 0.1) is 0 Å².